The molecule has 1 aliphatic rings. The molecule has 0 aliphatic carbocycles. The van der Waals surface area contributed by atoms with Crippen molar-refractivity contribution in [2.45, 2.75) is 13.5 Å². The first kappa shape index (κ1) is 12.6. The summed E-state index contributed by atoms with van der Waals surface area (Å²) in [4.78, 5) is 11.9. The second-order valence-corrected chi connectivity index (χ2v) is 5.50. The largest absolute Gasteiger partial charge is 0.352 e. The molecule has 1 saturated heterocycles. The van der Waals surface area contributed by atoms with Crippen molar-refractivity contribution in [1.82, 2.24) is 10.6 Å². The van der Waals surface area contributed by atoms with Crippen LogP contribution in [0.4, 0.5) is 0 Å². The van der Waals surface area contributed by atoms with Gasteiger partial charge in [0.1, 0.15) is 0 Å². The predicted molar refractivity (Wildman–Crippen MR) is 71.5 cm³/mol. The number of hydrogen-bond donors (Lipinski definition) is 2. The highest BCUT2D eigenvalue weighted by molar-refractivity contribution is 9.10. The lowest BCUT2D eigenvalue weighted by molar-refractivity contribution is -0.125. The van der Waals surface area contributed by atoms with E-state index in [2.05, 4.69) is 33.5 Å². The van der Waals surface area contributed by atoms with Crippen LogP contribution in [0, 0.1) is 11.8 Å². The van der Waals surface area contributed by atoms with Gasteiger partial charge in [0.2, 0.25) is 5.91 Å². The Labute approximate surface area is 110 Å². The van der Waals surface area contributed by atoms with E-state index in [4.69, 9.17) is 0 Å². The second kappa shape index (κ2) is 5.65. The van der Waals surface area contributed by atoms with Gasteiger partial charge in [0, 0.05) is 17.6 Å². The average Bonchev–Trinajstić information content (AvgIpc) is 2.74. The molecule has 0 bridgehead atoms. The molecule has 1 aromatic carbocycles. The zero-order valence-electron chi connectivity index (χ0n) is 9.87. The first-order valence-corrected chi connectivity index (χ1v) is 6.69. The maximum absolute atomic E-state index is 11.9. The van der Waals surface area contributed by atoms with Gasteiger partial charge in [-0.3, -0.25) is 4.79 Å². The molecule has 0 radical (unpaired) electrons. The molecular formula is C13H17BrN2O. The number of carbonyl (C=O) groups excluding carboxylic acids is 1. The molecule has 1 aromatic rings. The Bertz CT molecular complexity index is 391. The van der Waals surface area contributed by atoms with E-state index >= 15 is 0 Å². The van der Waals surface area contributed by atoms with Crippen molar-refractivity contribution in [1.29, 1.82) is 0 Å². The molecule has 1 amide bonds. The minimum Gasteiger partial charge on any atom is -0.352 e. The first-order chi connectivity index (χ1) is 8.16. The van der Waals surface area contributed by atoms with Crippen LogP contribution in [0.3, 0.4) is 0 Å². The van der Waals surface area contributed by atoms with Gasteiger partial charge in [-0.1, -0.05) is 35.0 Å². The van der Waals surface area contributed by atoms with E-state index < -0.39 is 0 Å². The SMILES string of the molecule is C[C@@H]1CNC[C@H]1C(=O)NCc1ccc(Br)cc1. The van der Waals surface area contributed by atoms with Crippen LogP contribution in [0.15, 0.2) is 28.7 Å². The van der Waals surface area contributed by atoms with E-state index in [1.807, 2.05) is 24.3 Å². The molecule has 2 atom stereocenters. The fourth-order valence-electron chi connectivity index (χ4n) is 2.08. The van der Waals surface area contributed by atoms with Gasteiger partial charge in [0.15, 0.2) is 0 Å². The molecular weight excluding hydrogens is 280 g/mol. The Morgan fingerprint density at radius 1 is 1.41 bits per heavy atom. The summed E-state index contributed by atoms with van der Waals surface area (Å²) >= 11 is 3.39. The monoisotopic (exact) mass is 296 g/mol. The van der Waals surface area contributed by atoms with Gasteiger partial charge in [-0.25, -0.2) is 0 Å². The van der Waals surface area contributed by atoms with Crippen molar-refractivity contribution in [3.8, 4) is 0 Å². The number of rotatable bonds is 3. The molecule has 0 aromatic heterocycles. The predicted octanol–water partition coefficient (Wildman–Crippen LogP) is 1.92. The molecule has 3 nitrogen and oxygen atoms in total. The third-order valence-corrected chi connectivity index (χ3v) is 3.76. The number of nitrogens with one attached hydrogen (secondary N) is 2. The zero-order chi connectivity index (χ0) is 12.3. The number of halogens is 1. The van der Waals surface area contributed by atoms with Gasteiger partial charge >= 0.3 is 0 Å². The minimum atomic E-state index is 0.116. The summed E-state index contributed by atoms with van der Waals surface area (Å²) in [6.07, 6.45) is 0. The smallest absolute Gasteiger partial charge is 0.224 e. The number of hydrogen-bond acceptors (Lipinski definition) is 2. The van der Waals surface area contributed by atoms with Crippen LogP contribution in [0.1, 0.15) is 12.5 Å². The van der Waals surface area contributed by atoms with Gasteiger partial charge in [-0.05, 0) is 30.2 Å². The van der Waals surface area contributed by atoms with Gasteiger partial charge in [0.05, 0.1) is 5.92 Å². The van der Waals surface area contributed by atoms with Gasteiger partial charge in [-0.2, -0.15) is 0 Å². The van der Waals surface area contributed by atoms with Crippen LogP contribution < -0.4 is 10.6 Å². The minimum absolute atomic E-state index is 0.116. The molecule has 1 heterocycles. The van der Waals surface area contributed by atoms with Crippen molar-refractivity contribution >= 4 is 21.8 Å². The van der Waals surface area contributed by atoms with Crippen LogP contribution in [0.25, 0.3) is 0 Å². The van der Waals surface area contributed by atoms with E-state index in [-0.39, 0.29) is 11.8 Å². The summed E-state index contributed by atoms with van der Waals surface area (Å²) in [7, 11) is 0. The Morgan fingerprint density at radius 3 is 2.71 bits per heavy atom. The van der Waals surface area contributed by atoms with E-state index in [1.165, 1.54) is 0 Å². The maximum atomic E-state index is 11.9. The zero-order valence-corrected chi connectivity index (χ0v) is 11.5. The van der Waals surface area contributed by atoms with Crippen LogP contribution in [0.5, 0.6) is 0 Å². The molecule has 0 unspecified atom stereocenters. The summed E-state index contributed by atoms with van der Waals surface area (Å²) in [5.74, 6) is 0.704. The Kier molecular flexibility index (Phi) is 4.18. The Hall–Kier alpha value is -0.870. The highest BCUT2D eigenvalue weighted by atomic mass is 79.9. The molecule has 2 N–H and O–H groups in total. The summed E-state index contributed by atoms with van der Waals surface area (Å²) in [6.45, 7) is 4.46. The van der Waals surface area contributed by atoms with Crippen molar-refractivity contribution in [3.05, 3.63) is 34.3 Å². The van der Waals surface area contributed by atoms with Gasteiger partial charge in [-0.15, -0.1) is 0 Å². The summed E-state index contributed by atoms with van der Waals surface area (Å²) < 4.78 is 1.06. The Morgan fingerprint density at radius 2 is 2.12 bits per heavy atom. The molecule has 1 aliphatic heterocycles. The van der Waals surface area contributed by atoms with Gasteiger partial charge < -0.3 is 10.6 Å². The number of amides is 1. The van der Waals surface area contributed by atoms with Crippen LogP contribution in [-0.4, -0.2) is 19.0 Å². The molecule has 0 spiro atoms. The summed E-state index contributed by atoms with van der Waals surface area (Å²) in [5, 5.41) is 6.24. The third kappa shape index (κ3) is 3.30. The molecule has 2 rings (SSSR count). The van der Waals surface area contributed by atoms with E-state index in [0.29, 0.717) is 12.5 Å². The Balaban J connectivity index is 1.85. The fraction of sp³-hybridized carbons (Fsp3) is 0.462. The highest BCUT2D eigenvalue weighted by Gasteiger charge is 2.29. The fourth-order valence-corrected chi connectivity index (χ4v) is 2.35. The second-order valence-electron chi connectivity index (χ2n) is 4.59. The number of carbonyl (C=O) groups is 1. The molecule has 92 valence electrons. The standard InChI is InChI=1S/C13H17BrN2O/c1-9-6-15-8-12(9)13(17)16-7-10-2-4-11(14)5-3-10/h2-5,9,12,15H,6-8H2,1H3,(H,16,17)/t9-,12-/m1/s1. The highest BCUT2D eigenvalue weighted by Crippen LogP contribution is 2.16. The molecule has 0 saturated carbocycles. The number of benzene rings is 1. The van der Waals surface area contributed by atoms with Gasteiger partial charge in [0.25, 0.3) is 0 Å². The van der Waals surface area contributed by atoms with Crippen LogP contribution in [0.2, 0.25) is 0 Å². The molecule has 1 fully saturated rings. The van der Waals surface area contributed by atoms with Crippen molar-refractivity contribution in [2.75, 3.05) is 13.1 Å². The van der Waals surface area contributed by atoms with Crippen molar-refractivity contribution < 1.29 is 4.79 Å². The van der Waals surface area contributed by atoms with E-state index in [0.717, 1.165) is 23.1 Å². The summed E-state index contributed by atoms with van der Waals surface area (Å²) in [5.41, 5.74) is 1.13. The van der Waals surface area contributed by atoms with Crippen LogP contribution in [-0.2, 0) is 11.3 Å². The summed E-state index contributed by atoms with van der Waals surface area (Å²) in [6, 6.07) is 8.00. The van der Waals surface area contributed by atoms with Crippen molar-refractivity contribution in [3.63, 3.8) is 0 Å². The maximum Gasteiger partial charge on any atom is 0.224 e. The molecule has 17 heavy (non-hydrogen) atoms. The molecule has 4 heteroatoms. The average molecular weight is 297 g/mol. The lowest BCUT2D eigenvalue weighted by Gasteiger charge is -2.14. The topological polar surface area (TPSA) is 41.1 Å². The van der Waals surface area contributed by atoms with E-state index in [9.17, 15) is 4.79 Å². The normalized spacial score (nSPS) is 23.6. The quantitative estimate of drug-likeness (QED) is 0.895. The van der Waals surface area contributed by atoms with E-state index in [1.54, 1.807) is 0 Å². The van der Waals surface area contributed by atoms with Crippen molar-refractivity contribution in [2.24, 2.45) is 11.8 Å². The first-order valence-electron chi connectivity index (χ1n) is 5.89. The third-order valence-electron chi connectivity index (χ3n) is 3.23. The lowest BCUT2D eigenvalue weighted by Crippen LogP contribution is -2.33. The van der Waals surface area contributed by atoms with Crippen LogP contribution >= 0.6 is 15.9 Å². The lowest BCUT2D eigenvalue weighted by atomic mass is 9.97.